The van der Waals surface area contributed by atoms with Gasteiger partial charge in [0.05, 0.1) is 44.9 Å². The van der Waals surface area contributed by atoms with Gasteiger partial charge in [0, 0.05) is 24.8 Å². The van der Waals surface area contributed by atoms with Crippen LogP contribution in [0.3, 0.4) is 0 Å². The van der Waals surface area contributed by atoms with Gasteiger partial charge in [0.1, 0.15) is 23.7 Å². The Labute approximate surface area is 197 Å². The molecule has 33 heavy (non-hydrogen) atoms. The zero-order valence-electron chi connectivity index (χ0n) is 20.8. The number of nitrogens with two attached hydrogens (primary N) is 1. The Morgan fingerprint density at radius 3 is 2.64 bits per heavy atom. The van der Waals surface area contributed by atoms with E-state index < -0.39 is 0 Å². The van der Waals surface area contributed by atoms with E-state index in [-0.39, 0.29) is 5.78 Å². The molecule has 3 rings (SSSR count). The third-order valence-electron chi connectivity index (χ3n) is 6.28. The average Bonchev–Trinajstić information content (AvgIpc) is 3.14. The van der Waals surface area contributed by atoms with Crippen LogP contribution in [0, 0.1) is 0 Å². The zero-order valence-corrected chi connectivity index (χ0v) is 20.8. The van der Waals surface area contributed by atoms with Crippen molar-refractivity contribution in [1.82, 2.24) is 14.5 Å². The van der Waals surface area contributed by atoms with Crippen LogP contribution in [0.25, 0.3) is 21.9 Å². The van der Waals surface area contributed by atoms with Crippen molar-refractivity contribution in [3.8, 4) is 0 Å². The lowest BCUT2D eigenvalue weighted by atomic mass is 10.1. The number of nitrogen functional groups attached to an aromatic ring is 1. The second-order valence-corrected chi connectivity index (χ2v) is 9.65. The highest BCUT2D eigenvalue weighted by molar-refractivity contribution is 6.06. The predicted octanol–water partition coefficient (Wildman–Crippen LogP) is 4.36. The van der Waals surface area contributed by atoms with Crippen molar-refractivity contribution in [2.24, 2.45) is 0 Å². The maximum Gasteiger partial charge on any atom is 0.152 e. The molecule has 2 N–H and O–H groups in total. The monoisotopic (exact) mass is 454 g/mol. The third-order valence-corrected chi connectivity index (χ3v) is 6.28. The molecule has 2 heterocycles. The number of hydrogen-bond acceptors (Lipinski definition) is 5. The number of ether oxygens (including phenoxy) is 1. The number of nitrogens with zero attached hydrogens (tertiary/aromatic N) is 4. The number of rotatable bonds is 14. The highest BCUT2D eigenvalue weighted by Gasteiger charge is 2.18. The number of aromatic nitrogens is 3. The number of carbonyl (C=O) groups is 1. The first kappa shape index (κ1) is 25.1. The summed E-state index contributed by atoms with van der Waals surface area (Å²) in [5.74, 6) is 1.81. The van der Waals surface area contributed by atoms with E-state index >= 15 is 0 Å². The Morgan fingerprint density at radius 2 is 1.88 bits per heavy atom. The van der Waals surface area contributed by atoms with Crippen molar-refractivity contribution >= 4 is 33.5 Å². The molecule has 0 aliphatic rings. The van der Waals surface area contributed by atoms with Crippen LogP contribution in [0.5, 0.6) is 0 Å². The average molecular weight is 455 g/mol. The normalized spacial score (nSPS) is 12.1. The summed E-state index contributed by atoms with van der Waals surface area (Å²) in [6.07, 6.45) is 5.90. The van der Waals surface area contributed by atoms with E-state index in [0.717, 1.165) is 84.0 Å². The van der Waals surface area contributed by atoms with Gasteiger partial charge in [-0.2, -0.15) is 0 Å². The Hall–Kier alpha value is -2.51. The summed E-state index contributed by atoms with van der Waals surface area (Å²) in [5, 5.41) is 1.12. The van der Waals surface area contributed by atoms with Gasteiger partial charge in [0.25, 0.3) is 0 Å². The maximum atomic E-state index is 11.0. The van der Waals surface area contributed by atoms with Gasteiger partial charge in [-0.3, -0.25) is 4.79 Å². The summed E-state index contributed by atoms with van der Waals surface area (Å²) < 4.78 is 8.93. The molecule has 0 aliphatic carbocycles. The number of anilines is 1. The van der Waals surface area contributed by atoms with Gasteiger partial charge in [0.2, 0.25) is 0 Å². The number of hydrogen-bond donors (Lipinski definition) is 1. The van der Waals surface area contributed by atoms with E-state index in [2.05, 4.69) is 42.7 Å². The highest BCUT2D eigenvalue weighted by atomic mass is 16.5. The standard InChI is InChI=1S/C26H40N5O2/c1-5-6-13-23-29-24-25(21-11-7-8-12-22(21)28-26(24)27)30(23)15-9-10-16-31(3,4)17-19-33-18-14-20(2)32/h7-8,11-12H,5-6,9-10,13-19H2,1-4H3,(H2,27,28)/q+1. The highest BCUT2D eigenvalue weighted by Crippen LogP contribution is 2.29. The van der Waals surface area contributed by atoms with Crippen LogP contribution < -0.4 is 5.73 Å². The van der Waals surface area contributed by atoms with Gasteiger partial charge < -0.3 is 19.5 Å². The number of pyridine rings is 1. The molecule has 180 valence electrons. The van der Waals surface area contributed by atoms with Gasteiger partial charge in [-0.15, -0.1) is 0 Å². The topological polar surface area (TPSA) is 83.0 Å². The lowest BCUT2D eigenvalue weighted by Gasteiger charge is -2.29. The lowest BCUT2D eigenvalue weighted by molar-refractivity contribution is -0.891. The molecule has 0 saturated carbocycles. The van der Waals surface area contributed by atoms with Gasteiger partial charge in [-0.1, -0.05) is 31.5 Å². The molecule has 0 bridgehead atoms. The molecule has 0 radical (unpaired) electrons. The lowest BCUT2D eigenvalue weighted by Crippen LogP contribution is -2.43. The molecule has 0 unspecified atom stereocenters. The van der Waals surface area contributed by atoms with Gasteiger partial charge in [0.15, 0.2) is 5.82 Å². The van der Waals surface area contributed by atoms with Crippen molar-refractivity contribution in [3.05, 3.63) is 30.1 Å². The first-order valence-corrected chi connectivity index (χ1v) is 12.2. The zero-order chi connectivity index (χ0) is 23.8. The number of likely N-dealkylation sites (N-methyl/N-ethyl adjacent to an activating group) is 1. The number of aryl methyl sites for hydroxylation is 2. The number of fused-ring (bicyclic) bond motifs is 3. The number of imidazole rings is 1. The van der Waals surface area contributed by atoms with Gasteiger partial charge in [-0.25, -0.2) is 9.97 Å². The Morgan fingerprint density at radius 1 is 1.09 bits per heavy atom. The van der Waals surface area contributed by atoms with Crippen LogP contribution in [0.2, 0.25) is 0 Å². The van der Waals surface area contributed by atoms with E-state index in [9.17, 15) is 4.79 Å². The van der Waals surface area contributed by atoms with E-state index in [0.29, 0.717) is 25.5 Å². The molecular weight excluding hydrogens is 414 g/mol. The SMILES string of the molecule is CCCCc1nc2c(N)nc3ccccc3c2n1CCCC[N+](C)(C)CCOCCC(C)=O. The van der Waals surface area contributed by atoms with Crippen molar-refractivity contribution in [3.63, 3.8) is 0 Å². The predicted molar refractivity (Wildman–Crippen MR) is 135 cm³/mol. The molecule has 0 saturated heterocycles. The van der Waals surface area contributed by atoms with Crippen LogP contribution >= 0.6 is 0 Å². The molecule has 3 aromatic rings. The minimum absolute atomic E-state index is 0.180. The first-order chi connectivity index (χ1) is 15.8. The second-order valence-electron chi connectivity index (χ2n) is 9.65. The smallest absolute Gasteiger partial charge is 0.152 e. The van der Waals surface area contributed by atoms with Crippen molar-refractivity contribution in [1.29, 1.82) is 0 Å². The Balaban J connectivity index is 1.67. The fraction of sp³-hybridized carbons (Fsp3) is 0.577. The third kappa shape index (κ3) is 6.74. The summed E-state index contributed by atoms with van der Waals surface area (Å²) in [6.45, 7) is 7.98. The second kappa shape index (κ2) is 11.6. The molecule has 7 heteroatoms. The summed E-state index contributed by atoms with van der Waals surface area (Å²) in [7, 11) is 4.49. The van der Waals surface area contributed by atoms with Crippen LogP contribution in [0.4, 0.5) is 5.82 Å². The fourth-order valence-electron chi connectivity index (χ4n) is 4.22. The number of ketones is 1. The quantitative estimate of drug-likeness (QED) is 0.289. The van der Waals surface area contributed by atoms with Crippen LogP contribution in [0.15, 0.2) is 24.3 Å². The van der Waals surface area contributed by atoms with Crippen molar-refractivity contribution < 1.29 is 14.0 Å². The molecule has 1 aromatic carbocycles. The van der Waals surface area contributed by atoms with Crippen LogP contribution in [0.1, 0.15) is 51.8 Å². The molecule has 0 aliphatic heterocycles. The first-order valence-electron chi connectivity index (χ1n) is 12.2. The van der Waals surface area contributed by atoms with E-state index in [1.807, 2.05) is 12.1 Å². The molecule has 7 nitrogen and oxygen atoms in total. The summed E-state index contributed by atoms with van der Waals surface area (Å²) in [5.41, 5.74) is 9.19. The number of unbranched alkanes of at least 4 members (excludes halogenated alkanes) is 2. The fourth-order valence-corrected chi connectivity index (χ4v) is 4.22. The number of quaternary nitrogens is 1. The molecule has 0 atom stereocenters. The van der Waals surface area contributed by atoms with E-state index in [4.69, 9.17) is 15.5 Å². The van der Waals surface area contributed by atoms with Crippen molar-refractivity contribution in [2.75, 3.05) is 46.1 Å². The number of benzene rings is 1. The molecule has 0 amide bonds. The maximum absolute atomic E-state index is 11.0. The number of carbonyl (C=O) groups excluding carboxylic acids is 1. The van der Waals surface area contributed by atoms with E-state index in [1.165, 1.54) is 0 Å². The Kier molecular flexibility index (Phi) is 8.80. The van der Waals surface area contributed by atoms with Crippen LogP contribution in [-0.2, 0) is 22.5 Å². The molecule has 0 spiro atoms. The van der Waals surface area contributed by atoms with E-state index in [1.54, 1.807) is 6.92 Å². The van der Waals surface area contributed by atoms with Gasteiger partial charge >= 0.3 is 0 Å². The van der Waals surface area contributed by atoms with Gasteiger partial charge in [-0.05, 0) is 32.3 Å². The number of para-hydroxylation sites is 1. The largest absolute Gasteiger partial charge is 0.382 e. The molecule has 2 aromatic heterocycles. The minimum atomic E-state index is 0.180. The summed E-state index contributed by atoms with van der Waals surface area (Å²) in [4.78, 5) is 20.5. The van der Waals surface area contributed by atoms with Crippen molar-refractivity contribution in [2.45, 2.75) is 58.9 Å². The number of Topliss-reactive ketones (excluding diaryl/α,β-unsaturated/α-hetero) is 1. The summed E-state index contributed by atoms with van der Waals surface area (Å²) in [6, 6.07) is 8.20. The molecule has 0 fully saturated rings. The summed E-state index contributed by atoms with van der Waals surface area (Å²) >= 11 is 0. The Bertz CT molecular complexity index is 1070. The molecular formula is C26H40N5O2+. The van der Waals surface area contributed by atoms with Crippen LogP contribution in [-0.4, -0.2) is 65.2 Å². The minimum Gasteiger partial charge on any atom is -0.382 e.